The molecule has 0 bridgehead atoms. The van der Waals surface area contributed by atoms with E-state index in [9.17, 15) is 15.2 Å². The molecule has 0 fully saturated rings. The molecule has 0 unspecified atom stereocenters. The van der Waals surface area contributed by atoms with Crippen LogP contribution in [0.3, 0.4) is 0 Å². The normalized spacial score (nSPS) is 11.2. The Labute approximate surface area is 166 Å². The van der Waals surface area contributed by atoms with Crippen molar-refractivity contribution >= 4 is 22.7 Å². The number of furan rings is 1. The summed E-state index contributed by atoms with van der Waals surface area (Å²) >= 11 is 0. The standard InChI is InChI=1S/C23H17N3O3/c1-15-19(12-24)22(27)26(14-17-8-5-11-29-17)23(28)20(15)13-25-21-10-4-7-16-6-2-3-9-18(16)21/h2-11,13,28H,14H2,1H3. The predicted octanol–water partition coefficient (Wildman–Crippen LogP) is 4.28. The number of fused-ring (bicyclic) bond motifs is 1. The molecule has 4 aromatic rings. The maximum absolute atomic E-state index is 12.7. The summed E-state index contributed by atoms with van der Waals surface area (Å²) in [6.45, 7) is 1.64. The molecule has 29 heavy (non-hydrogen) atoms. The van der Waals surface area contributed by atoms with Crippen LogP contribution in [0.15, 0.2) is 75.1 Å². The quantitative estimate of drug-likeness (QED) is 0.533. The van der Waals surface area contributed by atoms with Gasteiger partial charge in [0, 0.05) is 11.6 Å². The number of rotatable bonds is 4. The molecule has 0 aliphatic heterocycles. The van der Waals surface area contributed by atoms with E-state index in [1.54, 1.807) is 19.1 Å². The van der Waals surface area contributed by atoms with E-state index in [4.69, 9.17) is 4.42 Å². The highest BCUT2D eigenvalue weighted by atomic mass is 16.3. The van der Waals surface area contributed by atoms with Gasteiger partial charge < -0.3 is 9.52 Å². The number of aromatic nitrogens is 1. The van der Waals surface area contributed by atoms with E-state index >= 15 is 0 Å². The summed E-state index contributed by atoms with van der Waals surface area (Å²) in [6, 6.07) is 18.9. The number of pyridine rings is 1. The highest BCUT2D eigenvalue weighted by Gasteiger charge is 2.18. The first kappa shape index (κ1) is 18.3. The summed E-state index contributed by atoms with van der Waals surface area (Å²) in [5, 5.41) is 22.3. The second-order valence-corrected chi connectivity index (χ2v) is 6.58. The first-order valence-corrected chi connectivity index (χ1v) is 9.01. The Morgan fingerprint density at radius 1 is 1.17 bits per heavy atom. The molecule has 0 aliphatic rings. The molecule has 4 rings (SSSR count). The van der Waals surface area contributed by atoms with Crippen molar-refractivity contribution in [1.82, 2.24) is 4.57 Å². The molecule has 0 saturated carbocycles. The van der Waals surface area contributed by atoms with E-state index in [1.165, 1.54) is 12.5 Å². The lowest BCUT2D eigenvalue weighted by molar-refractivity contribution is 0.397. The van der Waals surface area contributed by atoms with Crippen molar-refractivity contribution in [2.45, 2.75) is 13.5 Å². The average molecular weight is 383 g/mol. The average Bonchev–Trinajstić information content (AvgIpc) is 3.25. The minimum absolute atomic E-state index is 0.0156. The van der Waals surface area contributed by atoms with Gasteiger partial charge in [0.1, 0.15) is 17.4 Å². The summed E-state index contributed by atoms with van der Waals surface area (Å²) in [5.41, 5.74) is 0.828. The lowest BCUT2D eigenvalue weighted by Gasteiger charge is -2.13. The Bertz CT molecular complexity index is 1320. The lowest BCUT2D eigenvalue weighted by atomic mass is 10.1. The predicted molar refractivity (Wildman–Crippen MR) is 111 cm³/mol. The number of benzene rings is 2. The third-order valence-corrected chi connectivity index (χ3v) is 4.84. The van der Waals surface area contributed by atoms with Gasteiger partial charge in [-0.3, -0.25) is 14.4 Å². The monoisotopic (exact) mass is 383 g/mol. The van der Waals surface area contributed by atoms with Crippen molar-refractivity contribution in [3.8, 4) is 11.9 Å². The molecule has 2 aromatic carbocycles. The van der Waals surface area contributed by atoms with Gasteiger partial charge in [-0.2, -0.15) is 5.26 Å². The molecular formula is C23H17N3O3. The van der Waals surface area contributed by atoms with Gasteiger partial charge in [0.2, 0.25) is 5.88 Å². The first-order chi connectivity index (χ1) is 14.1. The number of aromatic hydroxyl groups is 1. The first-order valence-electron chi connectivity index (χ1n) is 9.01. The van der Waals surface area contributed by atoms with E-state index in [2.05, 4.69) is 4.99 Å². The van der Waals surface area contributed by atoms with Crippen LogP contribution in [-0.4, -0.2) is 15.9 Å². The van der Waals surface area contributed by atoms with Crippen molar-refractivity contribution < 1.29 is 9.52 Å². The highest BCUT2D eigenvalue weighted by Crippen LogP contribution is 2.27. The fraction of sp³-hybridized carbons (Fsp3) is 0.0870. The van der Waals surface area contributed by atoms with Crippen LogP contribution >= 0.6 is 0 Å². The van der Waals surface area contributed by atoms with Gasteiger partial charge in [-0.15, -0.1) is 0 Å². The minimum atomic E-state index is -0.568. The second-order valence-electron chi connectivity index (χ2n) is 6.58. The van der Waals surface area contributed by atoms with E-state index in [0.29, 0.717) is 16.9 Å². The maximum atomic E-state index is 12.7. The largest absolute Gasteiger partial charge is 0.494 e. The van der Waals surface area contributed by atoms with Crippen LogP contribution in [0.4, 0.5) is 5.69 Å². The van der Waals surface area contributed by atoms with E-state index < -0.39 is 5.56 Å². The van der Waals surface area contributed by atoms with Crippen molar-refractivity contribution in [3.63, 3.8) is 0 Å². The zero-order chi connectivity index (χ0) is 20.4. The van der Waals surface area contributed by atoms with Gasteiger partial charge in [-0.05, 0) is 36.1 Å². The topological polar surface area (TPSA) is 91.5 Å². The van der Waals surface area contributed by atoms with Crippen molar-refractivity contribution in [3.05, 3.63) is 93.7 Å². The molecule has 0 radical (unpaired) electrons. The fourth-order valence-electron chi connectivity index (χ4n) is 3.29. The highest BCUT2D eigenvalue weighted by molar-refractivity contribution is 5.96. The van der Waals surface area contributed by atoms with E-state index in [-0.39, 0.29) is 18.0 Å². The zero-order valence-corrected chi connectivity index (χ0v) is 15.7. The van der Waals surface area contributed by atoms with Crippen LogP contribution in [0.25, 0.3) is 10.8 Å². The summed E-state index contributed by atoms with van der Waals surface area (Å²) in [7, 11) is 0. The van der Waals surface area contributed by atoms with Crippen LogP contribution in [0.2, 0.25) is 0 Å². The number of hydrogen-bond donors (Lipinski definition) is 1. The summed E-state index contributed by atoms with van der Waals surface area (Å²) in [4.78, 5) is 17.2. The van der Waals surface area contributed by atoms with E-state index in [1.807, 2.05) is 48.5 Å². The van der Waals surface area contributed by atoms with Crippen molar-refractivity contribution in [2.24, 2.45) is 4.99 Å². The molecule has 0 atom stereocenters. The van der Waals surface area contributed by atoms with Gasteiger partial charge >= 0.3 is 0 Å². The van der Waals surface area contributed by atoms with Crippen molar-refractivity contribution in [2.75, 3.05) is 0 Å². The Balaban J connectivity index is 1.86. The van der Waals surface area contributed by atoms with E-state index in [0.717, 1.165) is 21.0 Å². The maximum Gasteiger partial charge on any atom is 0.271 e. The Morgan fingerprint density at radius 2 is 1.97 bits per heavy atom. The van der Waals surface area contributed by atoms with Crippen LogP contribution in [0.5, 0.6) is 5.88 Å². The van der Waals surface area contributed by atoms with Gasteiger partial charge in [0.15, 0.2) is 0 Å². The summed E-state index contributed by atoms with van der Waals surface area (Å²) < 4.78 is 6.40. The molecule has 0 spiro atoms. The number of aliphatic imine (C=N–C) groups is 1. The second kappa shape index (κ2) is 7.49. The lowest BCUT2D eigenvalue weighted by Crippen LogP contribution is -2.25. The third-order valence-electron chi connectivity index (χ3n) is 4.84. The molecule has 1 N–H and O–H groups in total. The Kier molecular flexibility index (Phi) is 4.71. The van der Waals surface area contributed by atoms with Crippen LogP contribution in [0, 0.1) is 18.3 Å². The Hall–Kier alpha value is -4.11. The van der Waals surface area contributed by atoms with Crippen molar-refractivity contribution in [1.29, 1.82) is 5.26 Å². The molecule has 0 saturated heterocycles. The molecule has 6 heteroatoms. The van der Waals surface area contributed by atoms with Gasteiger partial charge in [-0.1, -0.05) is 36.4 Å². The molecule has 0 aliphatic carbocycles. The van der Waals surface area contributed by atoms with Gasteiger partial charge in [-0.25, -0.2) is 0 Å². The van der Waals surface area contributed by atoms with Gasteiger partial charge in [0.25, 0.3) is 5.56 Å². The van der Waals surface area contributed by atoms with Crippen LogP contribution < -0.4 is 5.56 Å². The fourth-order valence-corrected chi connectivity index (χ4v) is 3.29. The summed E-state index contributed by atoms with van der Waals surface area (Å²) in [5.74, 6) is 0.235. The summed E-state index contributed by atoms with van der Waals surface area (Å²) in [6.07, 6.45) is 2.98. The molecule has 2 heterocycles. The molecular weight excluding hydrogens is 366 g/mol. The van der Waals surface area contributed by atoms with Gasteiger partial charge in [0.05, 0.1) is 24.1 Å². The SMILES string of the molecule is Cc1c(C=Nc2cccc3ccccc23)c(O)n(Cc2ccco2)c(=O)c1C#N. The molecule has 142 valence electrons. The molecule has 2 aromatic heterocycles. The molecule has 6 nitrogen and oxygen atoms in total. The van der Waals surface area contributed by atoms with Crippen LogP contribution in [0.1, 0.15) is 22.5 Å². The number of hydrogen-bond acceptors (Lipinski definition) is 5. The zero-order valence-electron chi connectivity index (χ0n) is 15.7. The smallest absolute Gasteiger partial charge is 0.271 e. The third kappa shape index (κ3) is 3.30. The number of nitrogens with zero attached hydrogens (tertiary/aromatic N) is 3. The Morgan fingerprint density at radius 3 is 2.72 bits per heavy atom. The number of nitriles is 1. The minimum Gasteiger partial charge on any atom is -0.494 e. The van der Waals surface area contributed by atoms with Crippen LogP contribution in [-0.2, 0) is 6.54 Å². The molecule has 0 amide bonds.